The van der Waals surface area contributed by atoms with Crippen molar-refractivity contribution >= 4 is 17.6 Å². The van der Waals surface area contributed by atoms with Crippen LogP contribution in [0.3, 0.4) is 0 Å². The number of hydrogen-bond donors (Lipinski definition) is 0. The van der Waals surface area contributed by atoms with Crippen LogP contribution in [0.15, 0.2) is 54.7 Å². The summed E-state index contributed by atoms with van der Waals surface area (Å²) in [6.07, 6.45) is 3.20. The summed E-state index contributed by atoms with van der Waals surface area (Å²) in [7, 11) is 0. The molecule has 0 spiro atoms. The molecule has 0 atom stereocenters. The van der Waals surface area contributed by atoms with Gasteiger partial charge in [0.2, 0.25) is 0 Å². The molecule has 5 nitrogen and oxygen atoms in total. The minimum absolute atomic E-state index is 0.272. The first kappa shape index (κ1) is 17.2. The molecule has 6 heteroatoms. The van der Waals surface area contributed by atoms with Crippen LogP contribution in [0.5, 0.6) is 0 Å². The van der Waals surface area contributed by atoms with Gasteiger partial charge in [0.15, 0.2) is 5.69 Å². The largest absolute Gasteiger partial charge is 0.461 e. The van der Waals surface area contributed by atoms with Crippen LogP contribution in [0, 0.1) is 6.92 Å². The van der Waals surface area contributed by atoms with E-state index in [0.717, 1.165) is 29.9 Å². The lowest BCUT2D eigenvalue weighted by Crippen LogP contribution is -2.09. The van der Waals surface area contributed by atoms with Gasteiger partial charge in [0.05, 0.1) is 12.3 Å². The number of esters is 1. The van der Waals surface area contributed by atoms with Gasteiger partial charge in [0.25, 0.3) is 0 Å². The van der Waals surface area contributed by atoms with Crippen molar-refractivity contribution in [1.82, 2.24) is 14.8 Å². The Morgan fingerprint density at radius 3 is 2.84 bits per heavy atom. The van der Waals surface area contributed by atoms with E-state index in [9.17, 15) is 4.79 Å². The van der Waals surface area contributed by atoms with E-state index in [-0.39, 0.29) is 5.69 Å². The van der Waals surface area contributed by atoms with Gasteiger partial charge >= 0.3 is 5.97 Å². The third-order valence-electron chi connectivity index (χ3n) is 3.63. The summed E-state index contributed by atoms with van der Waals surface area (Å²) in [6, 6.07) is 14.8. The van der Waals surface area contributed by atoms with Gasteiger partial charge in [0, 0.05) is 22.6 Å². The number of hydrogen-bond acceptors (Lipinski definition) is 4. The van der Waals surface area contributed by atoms with Gasteiger partial charge in [-0.3, -0.25) is 4.98 Å². The molecule has 0 unspecified atom stereocenters. The number of carbonyl (C=O) groups is 1. The van der Waals surface area contributed by atoms with E-state index in [4.69, 9.17) is 16.3 Å². The molecule has 0 aliphatic rings. The molecule has 0 bridgehead atoms. The molecule has 3 aromatic rings. The highest BCUT2D eigenvalue weighted by Gasteiger charge is 2.11. The predicted octanol–water partition coefficient (Wildman–Crippen LogP) is 4.02. The van der Waals surface area contributed by atoms with Gasteiger partial charge in [0.1, 0.15) is 0 Å². The number of aryl methyl sites for hydroxylation is 2. The zero-order valence-electron chi connectivity index (χ0n) is 13.9. The highest BCUT2D eigenvalue weighted by Crippen LogP contribution is 2.14. The Bertz CT molecular complexity index is 876. The smallest absolute Gasteiger partial charge is 0.358 e. The third kappa shape index (κ3) is 4.67. The molecule has 2 heterocycles. The first-order valence-corrected chi connectivity index (χ1v) is 8.41. The number of halogens is 1. The van der Waals surface area contributed by atoms with Crippen molar-refractivity contribution in [3.05, 3.63) is 76.8 Å². The molecule has 25 heavy (non-hydrogen) atoms. The monoisotopic (exact) mass is 355 g/mol. The Morgan fingerprint density at radius 1 is 1.20 bits per heavy atom. The quantitative estimate of drug-likeness (QED) is 0.495. The van der Waals surface area contributed by atoms with E-state index in [1.807, 2.05) is 37.3 Å². The highest BCUT2D eigenvalue weighted by atomic mass is 35.5. The number of rotatable bonds is 6. The number of pyridine rings is 1. The van der Waals surface area contributed by atoms with Crippen molar-refractivity contribution in [3.63, 3.8) is 0 Å². The summed E-state index contributed by atoms with van der Waals surface area (Å²) in [5.41, 5.74) is 3.05. The zero-order chi connectivity index (χ0) is 17.6. The number of nitrogens with zero attached hydrogens (tertiary/aromatic N) is 3. The number of benzene rings is 1. The molecule has 0 aliphatic carbocycles. The van der Waals surface area contributed by atoms with Crippen LogP contribution in [0.4, 0.5) is 0 Å². The van der Waals surface area contributed by atoms with E-state index >= 15 is 0 Å². The molecule has 3 rings (SSSR count). The molecule has 2 aromatic heterocycles. The second kappa shape index (κ2) is 7.94. The average molecular weight is 356 g/mol. The molecular weight excluding hydrogens is 338 g/mol. The Balaban J connectivity index is 1.52. The second-order valence-electron chi connectivity index (χ2n) is 5.64. The normalized spacial score (nSPS) is 10.6. The minimum Gasteiger partial charge on any atom is -0.461 e. The highest BCUT2D eigenvalue weighted by molar-refractivity contribution is 6.30. The average Bonchev–Trinajstić information content (AvgIpc) is 3.09. The molecule has 1 aromatic carbocycles. The van der Waals surface area contributed by atoms with Gasteiger partial charge < -0.3 is 4.74 Å². The molecule has 0 N–H and O–H groups in total. The lowest BCUT2D eigenvalue weighted by molar-refractivity contribution is 0.0493. The third-order valence-corrected chi connectivity index (χ3v) is 3.86. The Morgan fingerprint density at radius 2 is 2.04 bits per heavy atom. The Hall–Kier alpha value is -2.66. The summed E-state index contributed by atoms with van der Waals surface area (Å²) in [4.78, 5) is 16.5. The van der Waals surface area contributed by atoms with Crippen molar-refractivity contribution < 1.29 is 9.53 Å². The lowest BCUT2D eigenvalue weighted by atomic mass is 10.2. The fraction of sp³-hybridized carbons (Fsp3) is 0.211. The standard InChI is InChI=1S/C19H18ClN3O2/c1-14-5-2-7-16(21-14)8-4-12-25-19(24)18-10-11-23(22-18)17-9-3-6-15(20)13-17/h2-3,5-7,9-11,13H,4,8,12H2,1H3. The van der Waals surface area contributed by atoms with Crippen LogP contribution in [-0.2, 0) is 11.2 Å². The van der Waals surface area contributed by atoms with Crippen LogP contribution in [0.2, 0.25) is 5.02 Å². The van der Waals surface area contributed by atoms with E-state index in [1.165, 1.54) is 0 Å². The fourth-order valence-corrected chi connectivity index (χ4v) is 2.61. The first-order valence-electron chi connectivity index (χ1n) is 8.03. The van der Waals surface area contributed by atoms with Crippen molar-refractivity contribution in [2.45, 2.75) is 19.8 Å². The number of ether oxygens (including phenoxy) is 1. The molecule has 0 radical (unpaired) electrons. The van der Waals surface area contributed by atoms with E-state index in [1.54, 1.807) is 29.1 Å². The van der Waals surface area contributed by atoms with Gasteiger partial charge in [-0.2, -0.15) is 5.10 Å². The fourth-order valence-electron chi connectivity index (χ4n) is 2.43. The summed E-state index contributed by atoms with van der Waals surface area (Å²) in [6.45, 7) is 2.29. The minimum atomic E-state index is -0.432. The topological polar surface area (TPSA) is 57.0 Å². The predicted molar refractivity (Wildman–Crippen MR) is 96.2 cm³/mol. The van der Waals surface area contributed by atoms with Gasteiger partial charge in [-0.25, -0.2) is 9.48 Å². The van der Waals surface area contributed by atoms with Gasteiger partial charge in [-0.1, -0.05) is 23.7 Å². The summed E-state index contributed by atoms with van der Waals surface area (Å²) in [5, 5.41) is 4.85. The molecule has 0 amide bonds. The maximum absolute atomic E-state index is 12.1. The molecule has 0 aliphatic heterocycles. The molecule has 0 saturated carbocycles. The van der Waals surface area contributed by atoms with Crippen molar-refractivity contribution in [2.24, 2.45) is 0 Å². The van der Waals surface area contributed by atoms with Crippen LogP contribution in [0.25, 0.3) is 5.69 Å². The van der Waals surface area contributed by atoms with E-state index in [2.05, 4.69) is 10.1 Å². The first-order chi connectivity index (χ1) is 12.1. The summed E-state index contributed by atoms with van der Waals surface area (Å²) < 4.78 is 6.88. The maximum Gasteiger partial charge on any atom is 0.358 e. The number of aromatic nitrogens is 3. The van der Waals surface area contributed by atoms with Crippen molar-refractivity contribution in [1.29, 1.82) is 0 Å². The van der Waals surface area contributed by atoms with Crippen molar-refractivity contribution in [3.8, 4) is 5.69 Å². The molecule has 0 fully saturated rings. The number of carbonyl (C=O) groups excluding carboxylic acids is 1. The van der Waals surface area contributed by atoms with Crippen molar-refractivity contribution in [2.75, 3.05) is 6.61 Å². The Kier molecular flexibility index (Phi) is 5.46. The van der Waals surface area contributed by atoms with Crippen LogP contribution in [-0.4, -0.2) is 27.3 Å². The summed E-state index contributed by atoms with van der Waals surface area (Å²) in [5.74, 6) is -0.432. The zero-order valence-corrected chi connectivity index (χ0v) is 14.6. The summed E-state index contributed by atoms with van der Waals surface area (Å²) >= 11 is 5.97. The molecule has 0 saturated heterocycles. The molecular formula is C19H18ClN3O2. The van der Waals surface area contributed by atoms with Gasteiger partial charge in [-0.15, -0.1) is 0 Å². The van der Waals surface area contributed by atoms with Crippen LogP contribution in [0.1, 0.15) is 28.3 Å². The second-order valence-corrected chi connectivity index (χ2v) is 6.07. The van der Waals surface area contributed by atoms with Crippen LogP contribution < -0.4 is 0 Å². The van der Waals surface area contributed by atoms with Crippen LogP contribution >= 0.6 is 11.6 Å². The lowest BCUT2D eigenvalue weighted by Gasteiger charge is -2.04. The molecule has 128 valence electrons. The maximum atomic E-state index is 12.1. The van der Waals surface area contributed by atoms with E-state index < -0.39 is 5.97 Å². The SMILES string of the molecule is Cc1cccc(CCCOC(=O)c2ccn(-c3cccc(Cl)c3)n2)n1. The van der Waals surface area contributed by atoms with E-state index in [0.29, 0.717) is 11.6 Å². The van der Waals surface area contributed by atoms with Gasteiger partial charge in [-0.05, 0) is 56.2 Å². The Labute approximate surface area is 151 Å².